The van der Waals surface area contributed by atoms with E-state index in [1.165, 1.54) is 11.1 Å². The van der Waals surface area contributed by atoms with Crippen molar-refractivity contribution in [3.63, 3.8) is 0 Å². The number of rotatable bonds is 7. The number of aromatic hydroxyl groups is 1. The van der Waals surface area contributed by atoms with Gasteiger partial charge in [-0.1, -0.05) is 54.8 Å². The van der Waals surface area contributed by atoms with Gasteiger partial charge in [0.25, 0.3) is 0 Å². The van der Waals surface area contributed by atoms with Crippen molar-refractivity contribution in [2.24, 2.45) is 0 Å². The minimum Gasteiger partial charge on any atom is -0.505 e. The molecular weight excluding hydrogens is 444 g/mol. The molecule has 0 aliphatic rings. The number of phenols is 1. The quantitative estimate of drug-likeness (QED) is 0.260. The molecule has 182 valence electrons. The molecule has 0 saturated carbocycles. The van der Waals surface area contributed by atoms with Crippen molar-refractivity contribution in [1.29, 1.82) is 0 Å². The molecule has 0 aliphatic carbocycles. The first-order chi connectivity index (χ1) is 17.4. The summed E-state index contributed by atoms with van der Waals surface area (Å²) in [5.41, 5.74) is 9.79. The van der Waals surface area contributed by atoms with E-state index in [2.05, 4.69) is 92.4 Å². The van der Waals surface area contributed by atoms with Crippen molar-refractivity contribution in [2.45, 2.75) is 47.0 Å². The van der Waals surface area contributed by atoms with Gasteiger partial charge in [-0.3, -0.25) is 0 Å². The normalized spacial score (nSPS) is 11.2. The van der Waals surface area contributed by atoms with Crippen LogP contribution in [0.2, 0.25) is 0 Å². The Morgan fingerprint density at radius 3 is 1.89 bits per heavy atom. The third kappa shape index (κ3) is 4.69. The average molecular weight is 477 g/mol. The molecule has 0 unspecified atom stereocenters. The largest absolute Gasteiger partial charge is 0.505 e. The van der Waals surface area contributed by atoms with Crippen molar-refractivity contribution in [2.75, 3.05) is 4.90 Å². The summed E-state index contributed by atoms with van der Waals surface area (Å²) in [5.74, 6) is 0.260. The number of aromatic nitrogens is 3. The molecule has 0 amide bonds. The Kier molecular flexibility index (Phi) is 6.47. The van der Waals surface area contributed by atoms with Crippen LogP contribution in [0.5, 0.6) is 5.75 Å². The lowest BCUT2D eigenvalue weighted by Crippen LogP contribution is -2.09. The second kappa shape index (κ2) is 9.86. The number of hydrogen-bond acceptors (Lipinski definition) is 4. The van der Waals surface area contributed by atoms with Gasteiger partial charge in [-0.05, 0) is 93.3 Å². The lowest BCUT2D eigenvalue weighted by molar-refractivity contribution is 0.459. The number of anilines is 3. The SMILES string of the molecule is CCCCc1cc(C)cc(-n2nc3ccc(N(c4ccc(C)cc4)c4ccc(C)cc4)cc3n2)c1O. The lowest BCUT2D eigenvalue weighted by Gasteiger charge is -2.25. The minimum atomic E-state index is 0.260. The van der Waals surface area contributed by atoms with E-state index in [4.69, 9.17) is 10.2 Å². The Balaban J connectivity index is 1.59. The van der Waals surface area contributed by atoms with E-state index < -0.39 is 0 Å². The topological polar surface area (TPSA) is 54.2 Å². The molecule has 4 aromatic carbocycles. The molecule has 5 heteroatoms. The summed E-state index contributed by atoms with van der Waals surface area (Å²) in [6.07, 6.45) is 2.94. The number of fused-ring (bicyclic) bond motifs is 1. The minimum absolute atomic E-state index is 0.260. The maximum Gasteiger partial charge on any atom is 0.146 e. The van der Waals surface area contributed by atoms with Crippen LogP contribution in [0.15, 0.2) is 78.9 Å². The molecule has 0 bridgehead atoms. The maximum atomic E-state index is 11.0. The van der Waals surface area contributed by atoms with Gasteiger partial charge in [-0.25, -0.2) is 0 Å². The summed E-state index contributed by atoms with van der Waals surface area (Å²) in [6.45, 7) is 8.39. The average Bonchev–Trinajstić information content (AvgIpc) is 3.30. The van der Waals surface area contributed by atoms with E-state index in [0.29, 0.717) is 5.69 Å². The highest BCUT2D eigenvalue weighted by atomic mass is 16.3. The molecule has 0 fully saturated rings. The van der Waals surface area contributed by atoms with Gasteiger partial charge in [0.2, 0.25) is 0 Å². The summed E-state index contributed by atoms with van der Waals surface area (Å²) >= 11 is 0. The number of phenolic OH excluding ortho intramolecular Hbond substituents is 1. The third-order valence-corrected chi connectivity index (χ3v) is 6.53. The third-order valence-electron chi connectivity index (χ3n) is 6.53. The van der Waals surface area contributed by atoms with Crippen LogP contribution in [0.1, 0.15) is 42.0 Å². The lowest BCUT2D eigenvalue weighted by atomic mass is 10.0. The summed E-state index contributed by atoms with van der Waals surface area (Å²) in [5, 5.41) is 20.5. The zero-order chi connectivity index (χ0) is 25.2. The Bertz CT molecular complexity index is 1460. The summed E-state index contributed by atoms with van der Waals surface area (Å²) < 4.78 is 0. The van der Waals surface area contributed by atoms with Gasteiger partial charge >= 0.3 is 0 Å². The molecule has 0 spiro atoms. The molecule has 0 saturated heterocycles. The highest BCUT2D eigenvalue weighted by Crippen LogP contribution is 2.36. The molecule has 36 heavy (non-hydrogen) atoms. The van der Waals surface area contributed by atoms with Crippen LogP contribution in [0.4, 0.5) is 17.1 Å². The fourth-order valence-corrected chi connectivity index (χ4v) is 4.53. The van der Waals surface area contributed by atoms with Crippen LogP contribution in [0.3, 0.4) is 0 Å². The Morgan fingerprint density at radius 1 is 0.694 bits per heavy atom. The molecule has 0 radical (unpaired) electrons. The van der Waals surface area contributed by atoms with E-state index in [0.717, 1.165) is 58.5 Å². The van der Waals surface area contributed by atoms with Gasteiger partial charge in [0.1, 0.15) is 22.5 Å². The first-order valence-corrected chi connectivity index (χ1v) is 12.6. The van der Waals surface area contributed by atoms with Gasteiger partial charge in [-0.2, -0.15) is 0 Å². The monoisotopic (exact) mass is 476 g/mol. The highest BCUT2D eigenvalue weighted by Gasteiger charge is 2.17. The first kappa shape index (κ1) is 23.6. The van der Waals surface area contributed by atoms with E-state index in [1.54, 1.807) is 4.80 Å². The summed E-state index contributed by atoms with van der Waals surface area (Å²) in [7, 11) is 0. The predicted octanol–water partition coefficient (Wildman–Crippen LogP) is 7.86. The molecular formula is C31H32N4O. The number of hydrogen-bond donors (Lipinski definition) is 1. The second-order valence-electron chi connectivity index (χ2n) is 9.56. The maximum absolute atomic E-state index is 11.0. The summed E-state index contributed by atoms with van der Waals surface area (Å²) in [6, 6.07) is 27.2. The van der Waals surface area contributed by atoms with Crippen LogP contribution < -0.4 is 4.90 Å². The second-order valence-corrected chi connectivity index (χ2v) is 9.56. The number of nitrogens with zero attached hydrogens (tertiary/aromatic N) is 4. The van der Waals surface area contributed by atoms with Crippen molar-refractivity contribution >= 4 is 28.1 Å². The van der Waals surface area contributed by atoms with E-state index in [-0.39, 0.29) is 5.75 Å². The van der Waals surface area contributed by atoms with Crippen molar-refractivity contribution < 1.29 is 5.11 Å². The first-order valence-electron chi connectivity index (χ1n) is 12.6. The van der Waals surface area contributed by atoms with Crippen molar-refractivity contribution in [3.8, 4) is 11.4 Å². The van der Waals surface area contributed by atoms with E-state index in [1.807, 2.05) is 19.1 Å². The van der Waals surface area contributed by atoms with Gasteiger partial charge in [0.05, 0.1) is 0 Å². The predicted molar refractivity (Wildman–Crippen MR) is 148 cm³/mol. The standard InChI is InChI=1S/C31H32N4O/c1-5-6-7-24-18-23(4)19-30(31(24)36)35-32-28-17-16-27(20-29(28)33-35)34(25-12-8-21(2)9-13-25)26-14-10-22(3)11-15-26/h8-20,36H,5-7H2,1-4H3. The van der Waals surface area contributed by atoms with Crippen LogP contribution in [0, 0.1) is 20.8 Å². The summed E-state index contributed by atoms with van der Waals surface area (Å²) in [4.78, 5) is 3.79. The number of unbranched alkanes of at least 4 members (excludes halogenated alkanes) is 1. The van der Waals surface area contributed by atoms with Crippen LogP contribution in [-0.2, 0) is 6.42 Å². The van der Waals surface area contributed by atoms with Crippen LogP contribution >= 0.6 is 0 Å². The molecule has 5 rings (SSSR count). The van der Waals surface area contributed by atoms with Crippen LogP contribution in [-0.4, -0.2) is 20.1 Å². The van der Waals surface area contributed by atoms with Crippen LogP contribution in [0.25, 0.3) is 16.7 Å². The fourth-order valence-electron chi connectivity index (χ4n) is 4.53. The number of aryl methyl sites for hydroxylation is 4. The van der Waals surface area contributed by atoms with E-state index >= 15 is 0 Å². The molecule has 5 nitrogen and oxygen atoms in total. The van der Waals surface area contributed by atoms with Gasteiger partial charge in [-0.15, -0.1) is 15.0 Å². The van der Waals surface area contributed by atoms with Gasteiger partial charge in [0, 0.05) is 17.1 Å². The van der Waals surface area contributed by atoms with E-state index in [9.17, 15) is 5.11 Å². The molecule has 0 aliphatic heterocycles. The fraction of sp³-hybridized carbons (Fsp3) is 0.226. The smallest absolute Gasteiger partial charge is 0.146 e. The zero-order valence-electron chi connectivity index (χ0n) is 21.4. The zero-order valence-corrected chi connectivity index (χ0v) is 21.4. The Labute approximate surface area is 212 Å². The van der Waals surface area contributed by atoms with Gasteiger partial charge in [0.15, 0.2) is 0 Å². The molecule has 0 atom stereocenters. The molecule has 1 aromatic heterocycles. The van der Waals surface area contributed by atoms with Crippen molar-refractivity contribution in [1.82, 2.24) is 15.0 Å². The molecule has 1 N–H and O–H groups in total. The Morgan fingerprint density at radius 2 is 1.28 bits per heavy atom. The molecule has 1 heterocycles. The Hall–Kier alpha value is -4.12. The number of benzene rings is 4. The van der Waals surface area contributed by atoms with Gasteiger partial charge < -0.3 is 10.0 Å². The molecule has 5 aromatic rings. The highest BCUT2D eigenvalue weighted by molar-refractivity contribution is 5.85. The van der Waals surface area contributed by atoms with Crippen molar-refractivity contribution in [3.05, 3.63) is 101 Å².